The molecular weight excluding hydrogens is 434 g/mol. The van der Waals surface area contributed by atoms with Gasteiger partial charge in [-0.2, -0.15) is 0 Å². The molecule has 3 heterocycles. The lowest BCUT2D eigenvalue weighted by Gasteiger charge is -2.34. The minimum absolute atomic E-state index is 0.0741. The first-order valence-electron chi connectivity index (χ1n) is 8.55. The topological polar surface area (TPSA) is 93.6 Å². The van der Waals surface area contributed by atoms with Crippen LogP contribution in [0.3, 0.4) is 0 Å². The van der Waals surface area contributed by atoms with Gasteiger partial charge in [0.25, 0.3) is 5.56 Å². The Bertz CT molecular complexity index is 972. The predicted molar refractivity (Wildman–Crippen MR) is 109 cm³/mol. The summed E-state index contributed by atoms with van der Waals surface area (Å²) in [5.74, 6) is -0.422. The van der Waals surface area contributed by atoms with Crippen molar-refractivity contribution in [2.75, 3.05) is 38.5 Å². The second kappa shape index (κ2) is 8.09. The third-order valence-corrected chi connectivity index (χ3v) is 6.44. The number of carbonyl (C=O) groups is 1. The van der Waals surface area contributed by atoms with Crippen molar-refractivity contribution in [3.63, 3.8) is 0 Å². The van der Waals surface area contributed by atoms with Crippen LogP contribution in [0.2, 0.25) is 0 Å². The fourth-order valence-electron chi connectivity index (χ4n) is 3.17. The molecule has 10 heteroatoms. The molecule has 0 radical (unpaired) electrons. The van der Waals surface area contributed by atoms with Crippen LogP contribution < -0.4 is 17.0 Å². The van der Waals surface area contributed by atoms with Crippen molar-refractivity contribution < 1.29 is 4.79 Å². The average molecular weight is 456 g/mol. The van der Waals surface area contributed by atoms with Gasteiger partial charge in [-0.3, -0.25) is 28.5 Å². The maximum absolute atomic E-state index is 12.7. The second-order valence-electron chi connectivity index (χ2n) is 6.65. The van der Waals surface area contributed by atoms with Gasteiger partial charge in [-0.1, -0.05) is 0 Å². The van der Waals surface area contributed by atoms with E-state index in [0.717, 1.165) is 45.6 Å². The van der Waals surface area contributed by atoms with Crippen molar-refractivity contribution in [2.24, 2.45) is 14.1 Å². The Hall–Kier alpha value is -1.75. The Morgan fingerprint density at radius 1 is 1.11 bits per heavy atom. The molecule has 2 N–H and O–H groups in total. The molecule has 0 amide bonds. The molecule has 27 heavy (non-hydrogen) atoms. The smallest absolute Gasteiger partial charge is 0.332 e. The van der Waals surface area contributed by atoms with Gasteiger partial charge in [0, 0.05) is 51.7 Å². The molecule has 3 rings (SSSR count). The SMILES string of the molecule is Cn1c(N)c(C(=O)CN2CCN(Cc3ccc(Br)s3)CC2)c(=O)n(C)c1=O. The third kappa shape index (κ3) is 4.23. The number of piperazine rings is 1. The number of nitrogens with zero attached hydrogens (tertiary/aromatic N) is 4. The van der Waals surface area contributed by atoms with Gasteiger partial charge in [0.1, 0.15) is 11.4 Å². The van der Waals surface area contributed by atoms with Gasteiger partial charge >= 0.3 is 5.69 Å². The summed E-state index contributed by atoms with van der Waals surface area (Å²) in [5, 5.41) is 0. The lowest BCUT2D eigenvalue weighted by atomic mass is 10.1. The van der Waals surface area contributed by atoms with E-state index in [1.807, 2.05) is 11.0 Å². The maximum atomic E-state index is 12.7. The minimum Gasteiger partial charge on any atom is -0.384 e. The lowest BCUT2D eigenvalue weighted by Crippen LogP contribution is -2.48. The van der Waals surface area contributed by atoms with E-state index in [-0.39, 0.29) is 23.7 Å². The van der Waals surface area contributed by atoms with Crippen LogP contribution in [0.5, 0.6) is 0 Å². The summed E-state index contributed by atoms with van der Waals surface area (Å²) in [6.07, 6.45) is 0. The summed E-state index contributed by atoms with van der Waals surface area (Å²) < 4.78 is 3.17. The summed E-state index contributed by atoms with van der Waals surface area (Å²) in [7, 11) is 2.80. The lowest BCUT2D eigenvalue weighted by molar-refractivity contribution is 0.0843. The molecule has 0 unspecified atom stereocenters. The van der Waals surface area contributed by atoms with E-state index in [2.05, 4.69) is 26.9 Å². The van der Waals surface area contributed by atoms with Crippen molar-refractivity contribution in [1.82, 2.24) is 18.9 Å². The molecule has 0 aromatic carbocycles. The molecule has 8 nitrogen and oxygen atoms in total. The highest BCUT2D eigenvalue weighted by Crippen LogP contribution is 2.23. The number of anilines is 1. The Kier molecular flexibility index (Phi) is 5.99. The number of ketones is 1. The summed E-state index contributed by atoms with van der Waals surface area (Å²) in [5.41, 5.74) is 4.59. The maximum Gasteiger partial charge on any atom is 0.332 e. The van der Waals surface area contributed by atoms with Crippen LogP contribution in [0, 0.1) is 0 Å². The number of Topliss-reactive ketones (excluding diaryl/α,β-unsaturated/α-hetero) is 1. The van der Waals surface area contributed by atoms with Crippen molar-refractivity contribution in [3.8, 4) is 0 Å². The number of hydrogen-bond acceptors (Lipinski definition) is 7. The number of nitrogen functional groups attached to an aromatic ring is 1. The normalized spacial score (nSPS) is 16.0. The van der Waals surface area contributed by atoms with Crippen LogP contribution >= 0.6 is 27.3 Å². The Morgan fingerprint density at radius 2 is 1.74 bits per heavy atom. The van der Waals surface area contributed by atoms with Crippen molar-refractivity contribution in [3.05, 3.63) is 47.2 Å². The van der Waals surface area contributed by atoms with E-state index in [1.165, 1.54) is 19.0 Å². The van der Waals surface area contributed by atoms with E-state index in [9.17, 15) is 14.4 Å². The first-order chi connectivity index (χ1) is 12.8. The molecule has 1 saturated heterocycles. The zero-order chi connectivity index (χ0) is 19.7. The summed E-state index contributed by atoms with van der Waals surface area (Å²) in [6.45, 7) is 4.20. The zero-order valence-electron chi connectivity index (χ0n) is 15.3. The van der Waals surface area contributed by atoms with Gasteiger partial charge in [0.2, 0.25) is 0 Å². The quantitative estimate of drug-likeness (QED) is 0.659. The summed E-state index contributed by atoms with van der Waals surface area (Å²) in [6, 6.07) is 4.16. The zero-order valence-corrected chi connectivity index (χ0v) is 17.7. The summed E-state index contributed by atoms with van der Waals surface area (Å²) in [4.78, 5) is 42.5. The average Bonchev–Trinajstić information content (AvgIpc) is 3.05. The molecule has 0 spiro atoms. The first kappa shape index (κ1) is 20.0. The third-order valence-electron chi connectivity index (χ3n) is 4.83. The Morgan fingerprint density at radius 3 is 2.33 bits per heavy atom. The second-order valence-corrected chi connectivity index (χ2v) is 9.19. The molecule has 0 saturated carbocycles. The molecule has 146 valence electrons. The molecule has 1 aliphatic heterocycles. The fourth-order valence-corrected chi connectivity index (χ4v) is 4.69. The molecule has 1 aliphatic rings. The van der Waals surface area contributed by atoms with Gasteiger partial charge in [0.05, 0.1) is 10.3 Å². The summed E-state index contributed by atoms with van der Waals surface area (Å²) >= 11 is 5.20. The number of nitrogens with two attached hydrogens (primary N) is 1. The van der Waals surface area contributed by atoms with Gasteiger partial charge in [-0.05, 0) is 28.1 Å². The highest BCUT2D eigenvalue weighted by atomic mass is 79.9. The van der Waals surface area contributed by atoms with Gasteiger partial charge < -0.3 is 5.73 Å². The molecule has 0 atom stereocenters. The van der Waals surface area contributed by atoms with Crippen LogP contribution in [0.1, 0.15) is 15.2 Å². The number of thiophene rings is 1. The molecule has 0 bridgehead atoms. The molecule has 1 fully saturated rings. The number of rotatable bonds is 5. The van der Waals surface area contributed by atoms with E-state index < -0.39 is 11.2 Å². The molecular formula is C17H22BrN5O3S. The highest BCUT2D eigenvalue weighted by Gasteiger charge is 2.24. The van der Waals surface area contributed by atoms with Crippen molar-refractivity contribution >= 4 is 38.9 Å². The number of hydrogen-bond donors (Lipinski definition) is 1. The Balaban J connectivity index is 1.63. The number of carbonyl (C=O) groups excluding carboxylic acids is 1. The van der Waals surface area contributed by atoms with Crippen molar-refractivity contribution in [1.29, 1.82) is 0 Å². The van der Waals surface area contributed by atoms with E-state index >= 15 is 0 Å². The standard InChI is InChI=1S/C17H22BrN5O3S/c1-20-15(19)14(16(25)21(2)17(20)26)12(24)10-23-7-5-22(6-8-23)9-11-3-4-13(18)27-11/h3-4H,5-10,19H2,1-2H3. The van der Waals surface area contributed by atoms with Gasteiger partial charge in [0.15, 0.2) is 5.78 Å². The number of aromatic nitrogens is 2. The monoisotopic (exact) mass is 455 g/mol. The van der Waals surface area contributed by atoms with Gasteiger partial charge in [-0.25, -0.2) is 4.79 Å². The van der Waals surface area contributed by atoms with E-state index in [0.29, 0.717) is 0 Å². The minimum atomic E-state index is -0.637. The number of halogens is 1. The van der Waals surface area contributed by atoms with Crippen LogP contribution in [-0.4, -0.2) is 57.4 Å². The van der Waals surface area contributed by atoms with Crippen molar-refractivity contribution in [2.45, 2.75) is 6.54 Å². The first-order valence-corrected chi connectivity index (χ1v) is 10.2. The van der Waals surface area contributed by atoms with Crippen LogP contribution in [-0.2, 0) is 20.6 Å². The predicted octanol–water partition coefficient (Wildman–Crippen LogP) is 0.491. The van der Waals surface area contributed by atoms with E-state index in [1.54, 1.807) is 11.3 Å². The van der Waals surface area contributed by atoms with Crippen LogP contribution in [0.15, 0.2) is 25.5 Å². The fraction of sp³-hybridized carbons (Fsp3) is 0.471. The molecule has 2 aromatic rings. The largest absolute Gasteiger partial charge is 0.384 e. The molecule has 2 aromatic heterocycles. The van der Waals surface area contributed by atoms with Crippen LogP contribution in [0.4, 0.5) is 5.82 Å². The molecule has 0 aliphatic carbocycles. The Labute approximate surface area is 168 Å². The van der Waals surface area contributed by atoms with E-state index in [4.69, 9.17) is 5.73 Å². The van der Waals surface area contributed by atoms with Gasteiger partial charge in [-0.15, -0.1) is 11.3 Å². The van der Waals surface area contributed by atoms with Crippen LogP contribution in [0.25, 0.3) is 0 Å². The highest BCUT2D eigenvalue weighted by molar-refractivity contribution is 9.11.